The van der Waals surface area contributed by atoms with E-state index in [-0.39, 0.29) is 24.7 Å². The van der Waals surface area contributed by atoms with Crippen LogP contribution in [0.1, 0.15) is 16.8 Å². The van der Waals surface area contributed by atoms with E-state index < -0.39 is 0 Å². The summed E-state index contributed by atoms with van der Waals surface area (Å²) in [5.74, 6) is -0.313. The number of nitrogens with zero attached hydrogens (tertiary/aromatic N) is 1. The molecule has 2 unspecified atom stereocenters. The Morgan fingerprint density at radius 2 is 2.16 bits per heavy atom. The number of rotatable bonds is 3. The van der Waals surface area contributed by atoms with Gasteiger partial charge >= 0.3 is 5.97 Å². The molecule has 0 aromatic heterocycles. The molecule has 0 saturated carbocycles. The fourth-order valence-electron chi connectivity index (χ4n) is 2.83. The van der Waals surface area contributed by atoms with E-state index in [4.69, 9.17) is 4.74 Å². The summed E-state index contributed by atoms with van der Waals surface area (Å²) < 4.78 is 5.32. The van der Waals surface area contributed by atoms with Gasteiger partial charge in [-0.05, 0) is 24.1 Å². The van der Waals surface area contributed by atoms with Crippen molar-refractivity contribution < 1.29 is 14.6 Å². The van der Waals surface area contributed by atoms with Gasteiger partial charge in [0.15, 0.2) is 0 Å². The van der Waals surface area contributed by atoms with Crippen LogP contribution in [0.5, 0.6) is 0 Å². The second kappa shape index (κ2) is 5.15. The summed E-state index contributed by atoms with van der Waals surface area (Å²) in [7, 11) is 0. The highest BCUT2D eigenvalue weighted by Gasteiger charge is 2.38. The Kier molecular flexibility index (Phi) is 3.36. The van der Waals surface area contributed by atoms with E-state index in [0.717, 1.165) is 25.1 Å². The lowest BCUT2D eigenvalue weighted by Crippen LogP contribution is -2.33. The Balaban J connectivity index is 1.60. The first-order valence-electron chi connectivity index (χ1n) is 6.59. The largest absolute Gasteiger partial charge is 0.458 e. The summed E-state index contributed by atoms with van der Waals surface area (Å²) in [6, 6.07) is 9.01. The highest BCUT2D eigenvalue weighted by Crippen LogP contribution is 2.29. The van der Waals surface area contributed by atoms with Gasteiger partial charge in [0.2, 0.25) is 0 Å². The van der Waals surface area contributed by atoms with Crippen molar-refractivity contribution in [3.8, 4) is 0 Å². The molecule has 4 heteroatoms. The molecule has 2 aliphatic heterocycles. The molecule has 1 saturated heterocycles. The number of esters is 1. The van der Waals surface area contributed by atoms with Crippen LogP contribution in [0.4, 0.5) is 0 Å². The fraction of sp³-hybridized carbons (Fsp3) is 0.400. The zero-order valence-electron chi connectivity index (χ0n) is 10.7. The highest BCUT2D eigenvalue weighted by atomic mass is 16.5. The number of aliphatic hydroxyl groups excluding tert-OH is 1. The van der Waals surface area contributed by atoms with Crippen molar-refractivity contribution in [2.75, 3.05) is 19.7 Å². The average Bonchev–Trinajstić information content (AvgIpc) is 3.01. The van der Waals surface area contributed by atoms with Crippen LogP contribution in [0, 0.1) is 0 Å². The molecule has 100 valence electrons. The van der Waals surface area contributed by atoms with Gasteiger partial charge in [0.1, 0.15) is 6.61 Å². The van der Waals surface area contributed by atoms with Crippen LogP contribution in [0.3, 0.4) is 0 Å². The van der Waals surface area contributed by atoms with Gasteiger partial charge in [0.25, 0.3) is 0 Å². The predicted molar refractivity (Wildman–Crippen MR) is 70.8 cm³/mol. The number of carbonyl (C=O) groups is 1. The Hall–Kier alpha value is -1.65. The molecular weight excluding hydrogens is 242 g/mol. The Labute approximate surface area is 112 Å². The quantitative estimate of drug-likeness (QED) is 0.655. The van der Waals surface area contributed by atoms with E-state index in [2.05, 4.69) is 11.0 Å². The molecule has 3 rings (SSSR count). The van der Waals surface area contributed by atoms with Crippen molar-refractivity contribution in [3.05, 3.63) is 47.5 Å². The van der Waals surface area contributed by atoms with E-state index in [1.807, 2.05) is 18.2 Å². The van der Waals surface area contributed by atoms with Crippen LogP contribution in [-0.2, 0) is 4.74 Å². The molecule has 2 aliphatic rings. The topological polar surface area (TPSA) is 49.8 Å². The van der Waals surface area contributed by atoms with Crippen LogP contribution < -0.4 is 0 Å². The number of hydrogen-bond acceptors (Lipinski definition) is 4. The first-order valence-corrected chi connectivity index (χ1v) is 6.59. The molecule has 4 nitrogen and oxygen atoms in total. The number of benzene rings is 1. The van der Waals surface area contributed by atoms with Gasteiger partial charge in [0.05, 0.1) is 17.7 Å². The number of aliphatic hydroxyl groups is 1. The maximum Gasteiger partial charge on any atom is 0.338 e. The molecular formula is C15H17NO3. The molecule has 1 fully saturated rings. The second-order valence-corrected chi connectivity index (χ2v) is 5.02. The van der Waals surface area contributed by atoms with Gasteiger partial charge in [-0.25, -0.2) is 4.79 Å². The van der Waals surface area contributed by atoms with Crippen molar-refractivity contribution >= 4 is 5.97 Å². The maximum absolute atomic E-state index is 11.8. The van der Waals surface area contributed by atoms with Crippen LogP contribution in [-0.4, -0.2) is 47.8 Å². The third kappa shape index (κ3) is 2.41. The van der Waals surface area contributed by atoms with Crippen molar-refractivity contribution in [3.63, 3.8) is 0 Å². The first-order chi connectivity index (χ1) is 9.25. The van der Waals surface area contributed by atoms with Crippen LogP contribution in [0.2, 0.25) is 0 Å². The molecule has 0 amide bonds. The summed E-state index contributed by atoms with van der Waals surface area (Å²) in [5, 5.41) is 9.93. The molecule has 1 aromatic carbocycles. The number of carbonyl (C=O) groups excluding carboxylic acids is 1. The van der Waals surface area contributed by atoms with Gasteiger partial charge < -0.3 is 9.84 Å². The molecule has 19 heavy (non-hydrogen) atoms. The zero-order chi connectivity index (χ0) is 13.2. The summed E-state index contributed by atoms with van der Waals surface area (Å²) in [6.07, 6.45) is 2.53. The molecule has 0 radical (unpaired) electrons. The van der Waals surface area contributed by atoms with Crippen LogP contribution >= 0.6 is 0 Å². The fourth-order valence-corrected chi connectivity index (χ4v) is 2.83. The van der Waals surface area contributed by atoms with E-state index >= 15 is 0 Å². The SMILES string of the molecule is O=C(OCC1=CCN2CCC(O)C12)c1ccccc1. The minimum Gasteiger partial charge on any atom is -0.458 e. The maximum atomic E-state index is 11.8. The second-order valence-electron chi connectivity index (χ2n) is 5.02. The van der Waals surface area contributed by atoms with Crippen molar-refractivity contribution in [1.29, 1.82) is 0 Å². The van der Waals surface area contributed by atoms with Crippen molar-refractivity contribution in [2.24, 2.45) is 0 Å². The molecule has 2 atom stereocenters. The lowest BCUT2D eigenvalue weighted by Gasteiger charge is -2.20. The van der Waals surface area contributed by atoms with Crippen molar-refractivity contribution in [1.82, 2.24) is 4.90 Å². The normalized spacial score (nSPS) is 26.1. The summed E-state index contributed by atoms with van der Waals surface area (Å²) in [6.45, 7) is 2.03. The van der Waals surface area contributed by atoms with Gasteiger partial charge in [-0.15, -0.1) is 0 Å². The molecule has 0 aliphatic carbocycles. The summed E-state index contributed by atoms with van der Waals surface area (Å²) in [5.41, 5.74) is 1.58. The Bertz CT molecular complexity index is 497. The molecule has 2 heterocycles. The van der Waals surface area contributed by atoms with Crippen LogP contribution in [0.15, 0.2) is 42.0 Å². The smallest absolute Gasteiger partial charge is 0.338 e. The first kappa shape index (κ1) is 12.4. The van der Waals surface area contributed by atoms with E-state index in [1.165, 1.54) is 0 Å². The number of ether oxygens (including phenoxy) is 1. The van der Waals surface area contributed by atoms with Gasteiger partial charge in [-0.2, -0.15) is 0 Å². The average molecular weight is 259 g/mol. The molecule has 0 spiro atoms. The number of hydrogen-bond donors (Lipinski definition) is 1. The zero-order valence-corrected chi connectivity index (χ0v) is 10.7. The number of fused-ring (bicyclic) bond motifs is 1. The van der Waals surface area contributed by atoms with Crippen LogP contribution in [0.25, 0.3) is 0 Å². The lowest BCUT2D eigenvalue weighted by molar-refractivity contribution is 0.0518. The van der Waals surface area contributed by atoms with Gasteiger partial charge in [-0.3, -0.25) is 4.90 Å². The third-order valence-electron chi connectivity index (χ3n) is 3.82. The van der Waals surface area contributed by atoms with E-state index in [0.29, 0.717) is 5.56 Å². The lowest BCUT2D eigenvalue weighted by atomic mass is 10.1. The minimum absolute atomic E-state index is 0.0450. The predicted octanol–water partition coefficient (Wildman–Crippen LogP) is 1.22. The minimum atomic E-state index is -0.329. The highest BCUT2D eigenvalue weighted by molar-refractivity contribution is 5.89. The van der Waals surface area contributed by atoms with Crippen molar-refractivity contribution in [2.45, 2.75) is 18.6 Å². The van der Waals surface area contributed by atoms with E-state index in [1.54, 1.807) is 12.1 Å². The third-order valence-corrected chi connectivity index (χ3v) is 3.82. The Morgan fingerprint density at radius 1 is 1.37 bits per heavy atom. The molecule has 0 bridgehead atoms. The van der Waals surface area contributed by atoms with Gasteiger partial charge in [-0.1, -0.05) is 24.3 Å². The monoisotopic (exact) mass is 259 g/mol. The summed E-state index contributed by atoms with van der Waals surface area (Å²) >= 11 is 0. The Morgan fingerprint density at radius 3 is 2.95 bits per heavy atom. The molecule has 1 N–H and O–H groups in total. The van der Waals surface area contributed by atoms with E-state index in [9.17, 15) is 9.90 Å². The van der Waals surface area contributed by atoms with Gasteiger partial charge in [0, 0.05) is 13.1 Å². The molecule has 1 aromatic rings. The summed E-state index contributed by atoms with van der Waals surface area (Å²) in [4.78, 5) is 14.1. The standard InChI is InChI=1S/C15H17NO3/c17-13-7-9-16-8-6-12(14(13)16)10-19-15(18)11-4-2-1-3-5-11/h1-6,13-14,17H,7-10H2.